The van der Waals surface area contributed by atoms with Crippen LogP contribution in [0.25, 0.3) is 0 Å². The summed E-state index contributed by atoms with van der Waals surface area (Å²) in [6.07, 6.45) is 0.831. The molecule has 0 bridgehead atoms. The number of rotatable bonds is 5. The second kappa shape index (κ2) is 8.93. The van der Waals surface area contributed by atoms with E-state index >= 15 is 0 Å². The van der Waals surface area contributed by atoms with Gasteiger partial charge in [0.05, 0.1) is 23.1 Å². The first kappa shape index (κ1) is 21.9. The number of nitrogens with zero attached hydrogens (tertiary/aromatic N) is 1. The highest BCUT2D eigenvalue weighted by Gasteiger charge is 2.28. The van der Waals surface area contributed by atoms with E-state index < -0.39 is 27.7 Å². The lowest BCUT2D eigenvalue weighted by atomic mass is 10.0. The topological polar surface area (TPSA) is 92.8 Å². The molecule has 1 aliphatic rings. The third-order valence-corrected chi connectivity index (χ3v) is 6.77. The van der Waals surface area contributed by atoms with Crippen LogP contribution in [0.1, 0.15) is 39.1 Å². The Hall–Kier alpha value is -2.78. The van der Waals surface area contributed by atoms with E-state index in [1.807, 2.05) is 0 Å². The number of hydrogen-bond acceptors (Lipinski definition) is 5. The summed E-state index contributed by atoms with van der Waals surface area (Å²) in [7, 11) is -2.54. The number of sulfonamides is 1. The lowest BCUT2D eigenvalue weighted by Crippen LogP contribution is -2.46. The third kappa shape index (κ3) is 4.68. The number of nitrogens with one attached hydrogen (secondary N) is 1. The molecule has 0 aliphatic carbocycles. The number of esters is 1. The predicted molar refractivity (Wildman–Crippen MR) is 108 cm³/mol. The lowest BCUT2D eigenvalue weighted by molar-refractivity contribution is 0.0599. The highest BCUT2D eigenvalue weighted by molar-refractivity contribution is 7.89. The Morgan fingerprint density at radius 1 is 1.13 bits per heavy atom. The highest BCUT2D eigenvalue weighted by Crippen LogP contribution is 2.21. The van der Waals surface area contributed by atoms with Crippen molar-refractivity contribution in [3.63, 3.8) is 0 Å². The highest BCUT2D eigenvalue weighted by atomic mass is 32.2. The zero-order valence-corrected chi connectivity index (χ0v) is 17.5. The van der Waals surface area contributed by atoms with Crippen molar-refractivity contribution in [1.82, 2.24) is 9.62 Å². The molecule has 0 atom stereocenters. The molecule has 1 aliphatic heterocycles. The van der Waals surface area contributed by atoms with E-state index in [1.54, 1.807) is 13.0 Å². The lowest BCUT2D eigenvalue weighted by Gasteiger charge is -2.32. The molecular formula is C21H23FN2O5S. The van der Waals surface area contributed by atoms with Gasteiger partial charge in [-0.1, -0.05) is 12.1 Å². The molecule has 160 valence electrons. The van der Waals surface area contributed by atoms with Crippen LogP contribution >= 0.6 is 0 Å². The molecule has 0 unspecified atom stereocenters. The third-order valence-electron chi connectivity index (χ3n) is 5.09. The molecular weight excluding hydrogens is 411 g/mol. The Labute approximate surface area is 174 Å². The SMILES string of the molecule is COC(=O)c1ccc(S(=O)(=O)NC2CCN(C(=O)c3ccccc3F)CC2)c(C)c1. The molecule has 1 fully saturated rings. The van der Waals surface area contributed by atoms with E-state index in [1.165, 1.54) is 48.4 Å². The molecule has 0 aromatic heterocycles. The quantitative estimate of drug-likeness (QED) is 0.730. The normalized spacial score (nSPS) is 15.1. The number of amides is 1. The molecule has 7 nitrogen and oxygen atoms in total. The Morgan fingerprint density at radius 3 is 2.40 bits per heavy atom. The molecule has 3 rings (SSSR count). The molecule has 1 heterocycles. The molecule has 0 radical (unpaired) electrons. The smallest absolute Gasteiger partial charge is 0.337 e. The van der Waals surface area contributed by atoms with E-state index in [0.29, 0.717) is 31.5 Å². The summed E-state index contributed by atoms with van der Waals surface area (Å²) in [5.41, 5.74) is 0.712. The van der Waals surface area contributed by atoms with Gasteiger partial charge in [0.15, 0.2) is 0 Å². The molecule has 2 aromatic rings. The number of carbonyl (C=O) groups is 2. The summed E-state index contributed by atoms with van der Waals surface area (Å²) < 4.78 is 46.8. The number of halogens is 1. The number of likely N-dealkylation sites (tertiary alicyclic amines) is 1. The van der Waals surface area contributed by atoms with Gasteiger partial charge in [-0.05, 0) is 55.7 Å². The molecule has 0 saturated carbocycles. The maximum absolute atomic E-state index is 13.9. The summed E-state index contributed by atoms with van der Waals surface area (Å²) in [5, 5.41) is 0. The Balaban J connectivity index is 1.65. The monoisotopic (exact) mass is 434 g/mol. The number of ether oxygens (including phenoxy) is 1. The van der Waals surface area contributed by atoms with Crippen molar-refractivity contribution in [3.8, 4) is 0 Å². The maximum Gasteiger partial charge on any atom is 0.337 e. The van der Waals surface area contributed by atoms with Crippen molar-refractivity contribution in [2.45, 2.75) is 30.7 Å². The maximum atomic E-state index is 13.9. The van der Waals surface area contributed by atoms with E-state index in [2.05, 4.69) is 9.46 Å². The Kier molecular flexibility index (Phi) is 6.52. The van der Waals surface area contributed by atoms with Crippen LogP contribution < -0.4 is 4.72 Å². The van der Waals surface area contributed by atoms with Crippen LogP contribution in [0.15, 0.2) is 47.4 Å². The predicted octanol–water partition coefficient (Wildman–Crippen LogP) is 2.50. The number of aryl methyl sites for hydroxylation is 1. The van der Waals surface area contributed by atoms with Gasteiger partial charge >= 0.3 is 5.97 Å². The zero-order valence-electron chi connectivity index (χ0n) is 16.7. The number of methoxy groups -OCH3 is 1. The summed E-state index contributed by atoms with van der Waals surface area (Å²) in [5.74, 6) is -1.51. The molecule has 9 heteroatoms. The van der Waals surface area contributed by atoms with Gasteiger partial charge in [0.1, 0.15) is 5.82 Å². The van der Waals surface area contributed by atoms with E-state index in [0.717, 1.165) is 0 Å². The van der Waals surface area contributed by atoms with Gasteiger partial charge in [0.2, 0.25) is 10.0 Å². The number of hydrogen-bond donors (Lipinski definition) is 1. The Bertz CT molecular complexity index is 1060. The van der Waals surface area contributed by atoms with Crippen molar-refractivity contribution >= 4 is 21.9 Å². The second-order valence-corrected chi connectivity index (χ2v) is 8.82. The Morgan fingerprint density at radius 2 is 1.80 bits per heavy atom. The van der Waals surface area contributed by atoms with Crippen molar-refractivity contribution in [2.24, 2.45) is 0 Å². The summed E-state index contributed by atoms with van der Waals surface area (Å²) in [6.45, 7) is 2.25. The zero-order chi connectivity index (χ0) is 21.9. The summed E-state index contributed by atoms with van der Waals surface area (Å²) in [6, 6.07) is 9.70. The van der Waals surface area contributed by atoms with E-state index in [4.69, 9.17) is 0 Å². The average Bonchev–Trinajstić information content (AvgIpc) is 2.73. The fraction of sp³-hybridized carbons (Fsp3) is 0.333. The largest absolute Gasteiger partial charge is 0.465 e. The van der Waals surface area contributed by atoms with Crippen molar-refractivity contribution < 1.29 is 27.1 Å². The second-order valence-electron chi connectivity index (χ2n) is 7.14. The standard InChI is InChI=1S/C21H23FN2O5S/c1-14-13-15(21(26)29-2)7-8-19(14)30(27,28)23-16-9-11-24(12-10-16)20(25)17-5-3-4-6-18(17)22/h3-8,13,16,23H,9-12H2,1-2H3. The van der Waals surface area contributed by atoms with Crippen LogP contribution in [0.5, 0.6) is 0 Å². The first-order valence-electron chi connectivity index (χ1n) is 9.48. The van der Waals surface area contributed by atoms with Crippen LogP contribution in [0.2, 0.25) is 0 Å². The molecule has 30 heavy (non-hydrogen) atoms. The van der Waals surface area contributed by atoms with Crippen LogP contribution in [-0.2, 0) is 14.8 Å². The first-order valence-corrected chi connectivity index (χ1v) is 11.0. The summed E-state index contributed by atoms with van der Waals surface area (Å²) >= 11 is 0. The van der Waals surface area contributed by atoms with Crippen LogP contribution in [0.4, 0.5) is 4.39 Å². The van der Waals surface area contributed by atoms with Crippen molar-refractivity contribution in [2.75, 3.05) is 20.2 Å². The van der Waals surface area contributed by atoms with Gasteiger partial charge in [0.25, 0.3) is 5.91 Å². The fourth-order valence-electron chi connectivity index (χ4n) is 3.48. The van der Waals surface area contributed by atoms with Crippen LogP contribution in [0, 0.1) is 12.7 Å². The molecule has 1 amide bonds. The van der Waals surface area contributed by atoms with Crippen LogP contribution in [0.3, 0.4) is 0 Å². The van der Waals surface area contributed by atoms with Gasteiger partial charge in [0, 0.05) is 19.1 Å². The summed E-state index contributed by atoms with van der Waals surface area (Å²) in [4.78, 5) is 25.7. The van der Waals surface area contributed by atoms with Crippen LogP contribution in [-0.4, -0.2) is 51.4 Å². The fourth-order valence-corrected chi connectivity index (χ4v) is 5.02. The minimum absolute atomic E-state index is 0.0119. The van der Waals surface area contributed by atoms with Gasteiger partial charge in [-0.2, -0.15) is 0 Å². The number of carbonyl (C=O) groups excluding carboxylic acids is 2. The van der Waals surface area contributed by atoms with Crippen molar-refractivity contribution in [1.29, 1.82) is 0 Å². The number of benzene rings is 2. The van der Waals surface area contributed by atoms with Gasteiger partial charge in [-0.15, -0.1) is 0 Å². The average molecular weight is 434 g/mol. The molecule has 0 spiro atoms. The van der Waals surface area contributed by atoms with Crippen molar-refractivity contribution in [3.05, 3.63) is 65.0 Å². The minimum atomic E-state index is -3.80. The van der Waals surface area contributed by atoms with Gasteiger partial charge < -0.3 is 9.64 Å². The van der Waals surface area contributed by atoms with E-state index in [9.17, 15) is 22.4 Å². The number of piperidine rings is 1. The molecule has 1 saturated heterocycles. The minimum Gasteiger partial charge on any atom is -0.465 e. The van der Waals surface area contributed by atoms with E-state index in [-0.39, 0.29) is 22.1 Å². The molecule has 2 aromatic carbocycles. The van der Waals surface area contributed by atoms with Gasteiger partial charge in [-0.25, -0.2) is 22.3 Å². The molecule has 1 N–H and O–H groups in total. The first-order chi connectivity index (χ1) is 14.2. The van der Waals surface area contributed by atoms with Gasteiger partial charge in [-0.3, -0.25) is 4.79 Å².